The van der Waals surface area contributed by atoms with Crippen molar-refractivity contribution in [1.29, 1.82) is 0 Å². The van der Waals surface area contributed by atoms with Crippen LogP contribution in [-0.4, -0.2) is 11.9 Å². The summed E-state index contributed by atoms with van der Waals surface area (Å²) in [5.74, 6) is -0.770. The van der Waals surface area contributed by atoms with Crippen molar-refractivity contribution in [2.45, 2.75) is 6.04 Å². The van der Waals surface area contributed by atoms with Crippen molar-refractivity contribution in [2.75, 3.05) is 0 Å². The first-order chi connectivity index (χ1) is 12.6. The van der Waals surface area contributed by atoms with Gasteiger partial charge in [-0.05, 0) is 41.3 Å². The summed E-state index contributed by atoms with van der Waals surface area (Å²) in [5.41, 5.74) is 5.85. The molecule has 2 aromatic carbocycles. The Kier molecular flexibility index (Phi) is 5.60. The number of hydrogen-bond acceptors (Lipinski definition) is 3. The van der Waals surface area contributed by atoms with Crippen molar-refractivity contribution < 1.29 is 14.0 Å². The Morgan fingerprint density at radius 2 is 1.62 bits per heavy atom. The number of thiophene rings is 1. The van der Waals surface area contributed by atoms with Gasteiger partial charge in [0.1, 0.15) is 5.82 Å². The molecule has 1 aromatic heterocycles. The number of carbonyl (C=O) groups is 2. The molecule has 0 saturated heterocycles. The molecule has 1 atom stereocenters. The van der Waals surface area contributed by atoms with Crippen LogP contribution in [-0.2, 0) is 0 Å². The SMILES string of the molecule is O=C(NNC(=O)c1ccccc1)N[C@H](c1ccc(F)cc1)c1cccs1. The topological polar surface area (TPSA) is 70.2 Å². The molecule has 0 aliphatic rings. The summed E-state index contributed by atoms with van der Waals surface area (Å²) in [5, 5.41) is 4.68. The van der Waals surface area contributed by atoms with Gasteiger partial charge in [0.2, 0.25) is 0 Å². The van der Waals surface area contributed by atoms with Crippen LogP contribution < -0.4 is 16.2 Å². The molecule has 0 aliphatic carbocycles. The second kappa shape index (κ2) is 8.26. The molecule has 132 valence electrons. The quantitative estimate of drug-likeness (QED) is 0.615. The van der Waals surface area contributed by atoms with E-state index in [2.05, 4.69) is 16.2 Å². The highest BCUT2D eigenvalue weighted by Crippen LogP contribution is 2.26. The van der Waals surface area contributed by atoms with Crippen LogP contribution in [0.25, 0.3) is 0 Å². The van der Waals surface area contributed by atoms with Gasteiger partial charge in [-0.1, -0.05) is 36.4 Å². The van der Waals surface area contributed by atoms with Crippen LogP contribution in [0.4, 0.5) is 9.18 Å². The summed E-state index contributed by atoms with van der Waals surface area (Å²) >= 11 is 1.47. The number of halogens is 1. The van der Waals surface area contributed by atoms with Crippen molar-refractivity contribution >= 4 is 23.3 Å². The maximum atomic E-state index is 13.2. The maximum absolute atomic E-state index is 13.2. The summed E-state index contributed by atoms with van der Waals surface area (Å²) < 4.78 is 13.2. The monoisotopic (exact) mass is 369 g/mol. The van der Waals surface area contributed by atoms with Crippen LogP contribution in [0.5, 0.6) is 0 Å². The number of nitrogens with one attached hydrogen (secondary N) is 3. The third-order valence-electron chi connectivity index (χ3n) is 3.63. The fraction of sp³-hybridized carbons (Fsp3) is 0.0526. The lowest BCUT2D eigenvalue weighted by Crippen LogP contribution is -2.47. The summed E-state index contributed by atoms with van der Waals surface area (Å²) in [6, 6.07) is 17.2. The number of rotatable bonds is 4. The van der Waals surface area contributed by atoms with Gasteiger partial charge in [0.15, 0.2) is 0 Å². The number of carbonyl (C=O) groups excluding carboxylic acids is 2. The molecule has 0 radical (unpaired) electrons. The molecule has 0 unspecified atom stereocenters. The van der Waals surface area contributed by atoms with E-state index in [1.807, 2.05) is 17.5 Å². The maximum Gasteiger partial charge on any atom is 0.334 e. The van der Waals surface area contributed by atoms with Crippen LogP contribution in [0, 0.1) is 5.82 Å². The Bertz CT molecular complexity index is 868. The molecule has 3 amide bonds. The average Bonchev–Trinajstić information content (AvgIpc) is 3.20. The number of hydrogen-bond donors (Lipinski definition) is 3. The molecule has 0 fully saturated rings. The fourth-order valence-corrected chi connectivity index (χ4v) is 3.17. The highest BCUT2D eigenvalue weighted by molar-refractivity contribution is 7.10. The lowest BCUT2D eigenvalue weighted by atomic mass is 10.1. The van der Waals surface area contributed by atoms with Gasteiger partial charge in [-0.2, -0.15) is 0 Å². The Hall–Kier alpha value is -3.19. The van der Waals surface area contributed by atoms with Crippen LogP contribution in [0.2, 0.25) is 0 Å². The first-order valence-electron chi connectivity index (χ1n) is 7.84. The minimum Gasteiger partial charge on any atom is -0.325 e. The zero-order chi connectivity index (χ0) is 18.4. The molecule has 3 N–H and O–H groups in total. The zero-order valence-corrected chi connectivity index (χ0v) is 14.4. The van der Waals surface area contributed by atoms with E-state index in [9.17, 15) is 14.0 Å². The van der Waals surface area contributed by atoms with E-state index in [0.717, 1.165) is 10.4 Å². The van der Waals surface area contributed by atoms with Crippen molar-refractivity contribution in [1.82, 2.24) is 16.2 Å². The van der Waals surface area contributed by atoms with Gasteiger partial charge in [-0.15, -0.1) is 11.3 Å². The number of urea groups is 1. The van der Waals surface area contributed by atoms with E-state index in [1.54, 1.807) is 42.5 Å². The first-order valence-corrected chi connectivity index (χ1v) is 8.72. The van der Waals surface area contributed by atoms with E-state index >= 15 is 0 Å². The molecule has 3 aromatic rings. The lowest BCUT2D eigenvalue weighted by molar-refractivity contribution is 0.0936. The van der Waals surface area contributed by atoms with E-state index in [4.69, 9.17) is 0 Å². The van der Waals surface area contributed by atoms with E-state index in [-0.39, 0.29) is 5.82 Å². The standard InChI is InChI=1S/C19H16FN3O2S/c20-15-10-8-13(9-11-15)17(16-7-4-12-26-16)21-19(25)23-22-18(24)14-5-2-1-3-6-14/h1-12,17H,(H,22,24)(H2,21,23,25)/t17-/m1/s1. The van der Waals surface area contributed by atoms with Gasteiger partial charge in [0.05, 0.1) is 6.04 Å². The average molecular weight is 369 g/mol. The molecule has 0 spiro atoms. The molecule has 0 bridgehead atoms. The molecule has 3 rings (SSSR count). The van der Waals surface area contributed by atoms with E-state index in [1.165, 1.54) is 23.5 Å². The van der Waals surface area contributed by atoms with Gasteiger partial charge < -0.3 is 5.32 Å². The Morgan fingerprint density at radius 1 is 0.885 bits per heavy atom. The van der Waals surface area contributed by atoms with E-state index < -0.39 is 18.0 Å². The molecule has 26 heavy (non-hydrogen) atoms. The molecule has 5 nitrogen and oxygen atoms in total. The highest BCUT2D eigenvalue weighted by Gasteiger charge is 2.18. The number of amides is 3. The zero-order valence-electron chi connectivity index (χ0n) is 13.6. The summed E-state index contributed by atoms with van der Waals surface area (Å²) in [6.45, 7) is 0. The van der Waals surface area contributed by atoms with Gasteiger partial charge in [0.25, 0.3) is 5.91 Å². The van der Waals surface area contributed by atoms with Crippen LogP contribution >= 0.6 is 11.3 Å². The molecular weight excluding hydrogens is 353 g/mol. The fourth-order valence-electron chi connectivity index (χ4n) is 2.37. The van der Waals surface area contributed by atoms with Gasteiger partial charge in [-0.3, -0.25) is 10.2 Å². The molecular formula is C19H16FN3O2S. The summed E-state index contributed by atoms with van der Waals surface area (Å²) in [4.78, 5) is 25.1. The summed E-state index contributed by atoms with van der Waals surface area (Å²) in [6.07, 6.45) is 0. The second-order valence-electron chi connectivity index (χ2n) is 5.42. The summed E-state index contributed by atoms with van der Waals surface area (Å²) in [7, 11) is 0. The molecule has 7 heteroatoms. The second-order valence-corrected chi connectivity index (χ2v) is 6.40. The number of benzene rings is 2. The normalized spacial score (nSPS) is 11.4. The minimum atomic E-state index is -0.572. The smallest absolute Gasteiger partial charge is 0.325 e. The lowest BCUT2D eigenvalue weighted by Gasteiger charge is -2.18. The highest BCUT2D eigenvalue weighted by atomic mass is 32.1. The minimum absolute atomic E-state index is 0.349. The van der Waals surface area contributed by atoms with Gasteiger partial charge in [-0.25, -0.2) is 14.6 Å². The van der Waals surface area contributed by atoms with Crippen molar-refractivity contribution in [3.63, 3.8) is 0 Å². The molecule has 0 aliphatic heterocycles. The number of hydrazine groups is 1. The van der Waals surface area contributed by atoms with Gasteiger partial charge >= 0.3 is 6.03 Å². The predicted octanol–water partition coefficient (Wildman–Crippen LogP) is 3.62. The molecule has 0 saturated carbocycles. The van der Waals surface area contributed by atoms with Gasteiger partial charge in [0, 0.05) is 10.4 Å². The largest absolute Gasteiger partial charge is 0.334 e. The Morgan fingerprint density at radius 3 is 2.27 bits per heavy atom. The third-order valence-corrected chi connectivity index (χ3v) is 4.57. The molecule has 1 heterocycles. The Balaban J connectivity index is 1.66. The van der Waals surface area contributed by atoms with Crippen molar-refractivity contribution in [3.05, 3.63) is 93.9 Å². The first kappa shape index (κ1) is 17.6. The Labute approximate surface area is 153 Å². The van der Waals surface area contributed by atoms with E-state index in [0.29, 0.717) is 5.56 Å². The predicted molar refractivity (Wildman–Crippen MR) is 98.1 cm³/mol. The van der Waals surface area contributed by atoms with Crippen molar-refractivity contribution in [2.24, 2.45) is 0 Å². The van der Waals surface area contributed by atoms with Crippen molar-refractivity contribution in [3.8, 4) is 0 Å². The van der Waals surface area contributed by atoms with Crippen LogP contribution in [0.15, 0.2) is 72.1 Å². The third kappa shape index (κ3) is 4.46. The van der Waals surface area contributed by atoms with Crippen LogP contribution in [0.3, 0.4) is 0 Å². The van der Waals surface area contributed by atoms with Crippen LogP contribution in [0.1, 0.15) is 26.8 Å².